The molecular weight excluding hydrogens is 274 g/mol. The van der Waals surface area contributed by atoms with Gasteiger partial charge in [0.05, 0.1) is 11.6 Å². The first-order valence-corrected chi connectivity index (χ1v) is 6.74. The zero-order valence-corrected chi connectivity index (χ0v) is 11.2. The maximum Gasteiger partial charge on any atom is 0.232 e. The lowest BCUT2D eigenvalue weighted by Crippen LogP contribution is -2.27. The Morgan fingerprint density at radius 3 is 2.81 bits per heavy atom. The van der Waals surface area contributed by atoms with Crippen LogP contribution in [0.25, 0.3) is 0 Å². The molecule has 2 N–H and O–H groups in total. The molecule has 1 aliphatic heterocycles. The van der Waals surface area contributed by atoms with E-state index in [0.29, 0.717) is 13.0 Å². The van der Waals surface area contributed by atoms with Crippen molar-refractivity contribution in [3.8, 4) is 0 Å². The Labute approximate surface area is 121 Å². The van der Waals surface area contributed by atoms with Crippen LogP contribution in [0.3, 0.4) is 0 Å². The van der Waals surface area contributed by atoms with E-state index in [1.807, 2.05) is 24.3 Å². The minimum atomic E-state index is -1.03. The number of rotatable bonds is 2. The van der Waals surface area contributed by atoms with Gasteiger partial charge in [0, 0.05) is 12.2 Å². The number of nitrogens with one attached hydrogen (secondary N) is 2. The summed E-state index contributed by atoms with van der Waals surface area (Å²) in [5.74, 6) is -2.70. The number of fused-ring (bicyclic) bond motifs is 1. The van der Waals surface area contributed by atoms with Crippen LogP contribution in [0.4, 0.5) is 20.2 Å². The van der Waals surface area contributed by atoms with Crippen molar-refractivity contribution < 1.29 is 13.6 Å². The topological polar surface area (TPSA) is 41.1 Å². The molecule has 0 saturated carbocycles. The van der Waals surface area contributed by atoms with Crippen molar-refractivity contribution >= 4 is 17.3 Å². The molecule has 0 saturated heterocycles. The first-order chi connectivity index (χ1) is 10.2. The van der Waals surface area contributed by atoms with Crippen LogP contribution in [0.15, 0.2) is 42.5 Å². The Balaban J connectivity index is 1.85. The Kier molecular flexibility index (Phi) is 3.56. The van der Waals surface area contributed by atoms with Gasteiger partial charge in [0.15, 0.2) is 11.6 Å². The molecule has 5 heteroatoms. The lowest BCUT2D eigenvalue weighted by Gasteiger charge is -2.25. The first-order valence-electron chi connectivity index (χ1n) is 6.74. The molecule has 1 amide bonds. The van der Waals surface area contributed by atoms with Gasteiger partial charge in [-0.2, -0.15) is 0 Å². The number of hydrogen-bond acceptors (Lipinski definition) is 2. The molecule has 108 valence electrons. The molecule has 2 aromatic carbocycles. The summed E-state index contributed by atoms with van der Waals surface area (Å²) in [6.45, 7) is 0.667. The van der Waals surface area contributed by atoms with E-state index < -0.39 is 11.6 Å². The van der Waals surface area contributed by atoms with Gasteiger partial charge in [-0.15, -0.1) is 0 Å². The summed E-state index contributed by atoms with van der Waals surface area (Å²) in [6.07, 6.45) is 0.611. The summed E-state index contributed by atoms with van der Waals surface area (Å²) >= 11 is 0. The number of para-hydroxylation sites is 1. The Morgan fingerprint density at radius 2 is 1.95 bits per heavy atom. The highest BCUT2D eigenvalue weighted by Crippen LogP contribution is 2.32. The van der Waals surface area contributed by atoms with Gasteiger partial charge in [0.2, 0.25) is 5.91 Å². The lowest BCUT2D eigenvalue weighted by atomic mass is 9.90. The van der Waals surface area contributed by atoms with E-state index in [1.165, 1.54) is 12.1 Å². The van der Waals surface area contributed by atoms with Crippen LogP contribution >= 0.6 is 0 Å². The van der Waals surface area contributed by atoms with Crippen LogP contribution in [0.5, 0.6) is 0 Å². The average molecular weight is 288 g/mol. The largest absolute Gasteiger partial charge is 0.385 e. The van der Waals surface area contributed by atoms with Crippen LogP contribution in [-0.4, -0.2) is 12.5 Å². The maximum atomic E-state index is 13.6. The van der Waals surface area contributed by atoms with E-state index in [-0.39, 0.29) is 17.5 Å². The SMILES string of the molecule is O=C(Nc1cccc(F)c1F)C1CCNc2ccccc21. The molecule has 3 nitrogen and oxygen atoms in total. The molecule has 0 aliphatic carbocycles. The first kappa shape index (κ1) is 13.5. The summed E-state index contributed by atoms with van der Waals surface area (Å²) in [7, 11) is 0. The number of anilines is 2. The van der Waals surface area contributed by atoms with Crippen molar-refractivity contribution in [2.75, 3.05) is 17.2 Å². The maximum absolute atomic E-state index is 13.6. The smallest absolute Gasteiger partial charge is 0.232 e. The fraction of sp³-hybridized carbons (Fsp3) is 0.188. The standard InChI is InChI=1S/C16H14F2N2O/c17-12-5-3-7-14(15(12)18)20-16(21)11-8-9-19-13-6-2-1-4-10(11)13/h1-7,11,19H,8-9H2,(H,20,21). The third-order valence-corrected chi connectivity index (χ3v) is 3.61. The predicted molar refractivity (Wildman–Crippen MR) is 77.3 cm³/mol. The van der Waals surface area contributed by atoms with Crippen LogP contribution in [0.2, 0.25) is 0 Å². The highest BCUT2D eigenvalue weighted by Gasteiger charge is 2.26. The monoisotopic (exact) mass is 288 g/mol. The normalized spacial score (nSPS) is 16.8. The van der Waals surface area contributed by atoms with E-state index in [4.69, 9.17) is 0 Å². The second kappa shape index (κ2) is 5.52. The van der Waals surface area contributed by atoms with Crippen LogP contribution in [-0.2, 0) is 4.79 Å². The van der Waals surface area contributed by atoms with Gasteiger partial charge in [-0.1, -0.05) is 24.3 Å². The van der Waals surface area contributed by atoms with Crippen molar-refractivity contribution in [3.05, 3.63) is 59.7 Å². The molecule has 1 unspecified atom stereocenters. The van der Waals surface area contributed by atoms with Crippen LogP contribution in [0, 0.1) is 11.6 Å². The third-order valence-electron chi connectivity index (χ3n) is 3.61. The number of hydrogen-bond donors (Lipinski definition) is 2. The van der Waals surface area contributed by atoms with E-state index in [0.717, 1.165) is 17.3 Å². The summed E-state index contributed by atoms with van der Waals surface area (Å²) in [5.41, 5.74) is 1.65. The van der Waals surface area contributed by atoms with Gasteiger partial charge < -0.3 is 10.6 Å². The van der Waals surface area contributed by atoms with Crippen molar-refractivity contribution in [1.82, 2.24) is 0 Å². The summed E-state index contributed by atoms with van der Waals surface area (Å²) in [6, 6.07) is 11.2. The number of benzene rings is 2. The molecule has 0 radical (unpaired) electrons. The highest BCUT2D eigenvalue weighted by atomic mass is 19.2. The highest BCUT2D eigenvalue weighted by molar-refractivity contribution is 5.97. The van der Waals surface area contributed by atoms with Crippen molar-refractivity contribution in [3.63, 3.8) is 0 Å². The fourth-order valence-electron chi connectivity index (χ4n) is 2.56. The number of carbonyl (C=O) groups is 1. The van der Waals surface area contributed by atoms with Gasteiger partial charge in [0.1, 0.15) is 0 Å². The zero-order valence-electron chi connectivity index (χ0n) is 11.2. The molecule has 1 heterocycles. The molecule has 2 aromatic rings. The molecule has 0 spiro atoms. The summed E-state index contributed by atoms with van der Waals surface area (Å²) in [4.78, 5) is 12.4. The molecule has 0 fully saturated rings. The second-order valence-corrected chi connectivity index (χ2v) is 4.95. The zero-order chi connectivity index (χ0) is 14.8. The van der Waals surface area contributed by atoms with Crippen LogP contribution in [0.1, 0.15) is 17.9 Å². The molecule has 1 aliphatic rings. The second-order valence-electron chi connectivity index (χ2n) is 4.95. The van der Waals surface area contributed by atoms with Gasteiger partial charge >= 0.3 is 0 Å². The number of halogens is 2. The third kappa shape index (κ3) is 2.59. The molecule has 0 bridgehead atoms. The Hall–Kier alpha value is -2.43. The van der Waals surface area contributed by atoms with Gasteiger partial charge in [-0.25, -0.2) is 8.78 Å². The predicted octanol–water partition coefficient (Wildman–Crippen LogP) is 3.50. The minimum absolute atomic E-state index is 0.129. The van der Waals surface area contributed by atoms with Crippen molar-refractivity contribution in [2.24, 2.45) is 0 Å². The average Bonchev–Trinajstić information content (AvgIpc) is 2.51. The van der Waals surface area contributed by atoms with Gasteiger partial charge in [-0.05, 0) is 30.2 Å². The fourth-order valence-corrected chi connectivity index (χ4v) is 2.56. The lowest BCUT2D eigenvalue weighted by molar-refractivity contribution is -0.117. The summed E-state index contributed by atoms with van der Waals surface area (Å²) in [5, 5.41) is 5.70. The number of carbonyl (C=O) groups excluding carboxylic acids is 1. The molecule has 0 aromatic heterocycles. The van der Waals surface area contributed by atoms with Crippen molar-refractivity contribution in [2.45, 2.75) is 12.3 Å². The molecule has 21 heavy (non-hydrogen) atoms. The Morgan fingerprint density at radius 1 is 1.14 bits per heavy atom. The number of amides is 1. The van der Waals surface area contributed by atoms with Crippen molar-refractivity contribution in [1.29, 1.82) is 0 Å². The molecule has 3 rings (SSSR count). The van der Waals surface area contributed by atoms with Crippen LogP contribution < -0.4 is 10.6 Å². The molecular formula is C16H14F2N2O. The minimum Gasteiger partial charge on any atom is -0.385 e. The Bertz CT molecular complexity index is 688. The quantitative estimate of drug-likeness (QED) is 0.888. The van der Waals surface area contributed by atoms with E-state index >= 15 is 0 Å². The van der Waals surface area contributed by atoms with E-state index in [2.05, 4.69) is 10.6 Å². The van der Waals surface area contributed by atoms with Gasteiger partial charge in [0.25, 0.3) is 0 Å². The van der Waals surface area contributed by atoms with E-state index in [1.54, 1.807) is 0 Å². The molecule has 1 atom stereocenters. The summed E-state index contributed by atoms with van der Waals surface area (Å²) < 4.78 is 26.8. The van der Waals surface area contributed by atoms with E-state index in [9.17, 15) is 13.6 Å². The van der Waals surface area contributed by atoms with Gasteiger partial charge in [-0.3, -0.25) is 4.79 Å².